The number of carbonyl (C=O) groups excluding carboxylic acids is 1. The highest BCUT2D eigenvalue weighted by Gasteiger charge is 2.19. The van der Waals surface area contributed by atoms with Crippen molar-refractivity contribution >= 4 is 11.9 Å². The molecule has 4 nitrogen and oxygen atoms in total. The molecule has 0 aromatic heterocycles. The second-order valence-corrected chi connectivity index (χ2v) is 3.50. The first kappa shape index (κ1) is 13.1. The number of hydrogen-bond acceptors (Lipinski definition) is 2. The molecule has 0 fully saturated rings. The minimum absolute atomic E-state index is 0.0169. The van der Waals surface area contributed by atoms with Crippen LogP contribution in [0.5, 0.6) is 0 Å². The minimum Gasteiger partial charge on any atom is -0.478 e. The molecule has 0 heterocycles. The summed E-state index contributed by atoms with van der Waals surface area (Å²) >= 11 is 0. The molecule has 0 aliphatic rings. The largest absolute Gasteiger partial charge is 0.478 e. The van der Waals surface area contributed by atoms with Crippen molar-refractivity contribution in [3.8, 4) is 0 Å². The van der Waals surface area contributed by atoms with Gasteiger partial charge in [-0.05, 0) is 17.7 Å². The van der Waals surface area contributed by atoms with Crippen LogP contribution in [0.3, 0.4) is 0 Å². The number of aromatic carboxylic acids is 1. The van der Waals surface area contributed by atoms with E-state index in [4.69, 9.17) is 5.11 Å². The predicted molar refractivity (Wildman–Crippen MR) is 55.9 cm³/mol. The molecule has 0 saturated carbocycles. The van der Waals surface area contributed by atoms with Gasteiger partial charge in [0, 0.05) is 13.6 Å². The summed E-state index contributed by atoms with van der Waals surface area (Å²) < 4.78 is 24.2. The lowest BCUT2D eigenvalue weighted by Gasteiger charge is -2.16. The molecule has 0 atom stereocenters. The van der Waals surface area contributed by atoms with Crippen molar-refractivity contribution in [2.24, 2.45) is 0 Å². The Balaban J connectivity index is 2.69. The molecule has 0 bridgehead atoms. The second-order valence-electron chi connectivity index (χ2n) is 3.50. The molecule has 1 rings (SSSR count). The van der Waals surface area contributed by atoms with Gasteiger partial charge in [-0.15, -0.1) is 0 Å². The number of amides is 1. The Morgan fingerprint density at radius 1 is 1.29 bits per heavy atom. The Labute approximate surface area is 96.5 Å². The lowest BCUT2D eigenvalue weighted by atomic mass is 10.1. The summed E-state index contributed by atoms with van der Waals surface area (Å²) in [5, 5.41) is 8.65. The van der Waals surface area contributed by atoms with E-state index in [1.54, 1.807) is 0 Å². The normalized spacial score (nSPS) is 10.4. The van der Waals surface area contributed by atoms with Crippen molar-refractivity contribution in [1.82, 2.24) is 4.90 Å². The summed E-state index contributed by atoms with van der Waals surface area (Å²) in [6, 6.07) is 5.69. The highest BCUT2D eigenvalue weighted by Crippen LogP contribution is 2.08. The summed E-state index contributed by atoms with van der Waals surface area (Å²) in [5.74, 6) is -2.32. The van der Waals surface area contributed by atoms with E-state index in [-0.39, 0.29) is 12.1 Å². The van der Waals surface area contributed by atoms with Crippen LogP contribution in [0.4, 0.5) is 8.78 Å². The van der Waals surface area contributed by atoms with Crippen LogP contribution in [-0.2, 0) is 11.3 Å². The van der Waals surface area contributed by atoms with Crippen LogP contribution in [-0.4, -0.2) is 35.4 Å². The van der Waals surface area contributed by atoms with Crippen LogP contribution in [0.15, 0.2) is 24.3 Å². The third-order valence-corrected chi connectivity index (χ3v) is 2.18. The van der Waals surface area contributed by atoms with Gasteiger partial charge >= 0.3 is 12.4 Å². The fraction of sp³-hybridized carbons (Fsp3) is 0.273. The maximum atomic E-state index is 12.1. The highest BCUT2D eigenvalue weighted by atomic mass is 19.3. The standard InChI is InChI=1S/C11H11F2NO3/c1-14(10(15)9(12)13)6-7-2-4-8(5-3-7)11(16)17/h2-5,9H,6H2,1H3,(H,16,17). The van der Waals surface area contributed by atoms with Crippen LogP contribution in [0.25, 0.3) is 0 Å². The minimum atomic E-state index is -3.03. The lowest BCUT2D eigenvalue weighted by Crippen LogP contribution is -2.31. The molecule has 1 amide bonds. The molecule has 0 radical (unpaired) electrons. The Hall–Kier alpha value is -1.98. The van der Waals surface area contributed by atoms with Gasteiger partial charge in [0.1, 0.15) is 0 Å². The molecule has 0 aliphatic heterocycles. The first-order valence-corrected chi connectivity index (χ1v) is 4.77. The predicted octanol–water partition coefficient (Wildman–Crippen LogP) is 1.61. The molecule has 0 spiro atoms. The monoisotopic (exact) mass is 243 g/mol. The van der Waals surface area contributed by atoms with E-state index >= 15 is 0 Å². The molecule has 92 valence electrons. The lowest BCUT2D eigenvalue weighted by molar-refractivity contribution is -0.141. The average molecular weight is 243 g/mol. The summed E-state index contributed by atoms with van der Waals surface area (Å²) in [6.07, 6.45) is -3.03. The number of alkyl halides is 2. The highest BCUT2D eigenvalue weighted by molar-refractivity contribution is 5.87. The van der Waals surface area contributed by atoms with Crippen LogP contribution in [0.1, 0.15) is 15.9 Å². The van der Waals surface area contributed by atoms with Crippen LogP contribution < -0.4 is 0 Å². The van der Waals surface area contributed by atoms with Gasteiger partial charge in [0.05, 0.1) is 5.56 Å². The zero-order chi connectivity index (χ0) is 13.0. The van der Waals surface area contributed by atoms with Gasteiger partial charge in [0.15, 0.2) is 0 Å². The number of halogens is 2. The van der Waals surface area contributed by atoms with E-state index in [2.05, 4.69) is 0 Å². The number of benzene rings is 1. The van der Waals surface area contributed by atoms with E-state index in [0.29, 0.717) is 5.56 Å². The van der Waals surface area contributed by atoms with Crippen molar-refractivity contribution < 1.29 is 23.5 Å². The zero-order valence-electron chi connectivity index (χ0n) is 9.06. The van der Waals surface area contributed by atoms with Gasteiger partial charge in [-0.3, -0.25) is 4.79 Å². The van der Waals surface area contributed by atoms with Gasteiger partial charge in [-0.25, -0.2) is 4.79 Å². The van der Waals surface area contributed by atoms with Gasteiger partial charge in [-0.1, -0.05) is 12.1 Å². The van der Waals surface area contributed by atoms with Crippen molar-refractivity contribution in [3.63, 3.8) is 0 Å². The number of nitrogens with zero attached hydrogens (tertiary/aromatic N) is 1. The van der Waals surface area contributed by atoms with Gasteiger partial charge in [-0.2, -0.15) is 8.78 Å². The number of hydrogen-bond donors (Lipinski definition) is 1. The quantitative estimate of drug-likeness (QED) is 0.874. The molecule has 1 N–H and O–H groups in total. The van der Waals surface area contributed by atoms with Gasteiger partial charge in [0.25, 0.3) is 5.91 Å². The molecular formula is C11H11F2NO3. The molecule has 0 aliphatic carbocycles. The van der Waals surface area contributed by atoms with Gasteiger partial charge in [0.2, 0.25) is 0 Å². The Morgan fingerprint density at radius 2 is 1.82 bits per heavy atom. The van der Waals surface area contributed by atoms with Crippen LogP contribution in [0.2, 0.25) is 0 Å². The van der Waals surface area contributed by atoms with E-state index in [1.165, 1.54) is 31.3 Å². The molecular weight excluding hydrogens is 232 g/mol. The molecule has 0 unspecified atom stereocenters. The van der Waals surface area contributed by atoms with E-state index in [9.17, 15) is 18.4 Å². The molecule has 6 heteroatoms. The van der Waals surface area contributed by atoms with E-state index < -0.39 is 18.3 Å². The molecule has 17 heavy (non-hydrogen) atoms. The summed E-state index contributed by atoms with van der Waals surface area (Å²) in [4.78, 5) is 22.4. The topological polar surface area (TPSA) is 57.6 Å². The summed E-state index contributed by atoms with van der Waals surface area (Å²) in [5.41, 5.74) is 0.697. The Morgan fingerprint density at radius 3 is 2.24 bits per heavy atom. The van der Waals surface area contributed by atoms with Crippen LogP contribution >= 0.6 is 0 Å². The summed E-state index contributed by atoms with van der Waals surface area (Å²) in [6.45, 7) is 0.0169. The SMILES string of the molecule is CN(Cc1ccc(C(=O)O)cc1)C(=O)C(F)F. The number of carboxylic acids is 1. The van der Waals surface area contributed by atoms with E-state index in [1.807, 2.05) is 0 Å². The zero-order valence-corrected chi connectivity index (χ0v) is 9.06. The Bertz CT molecular complexity index is 417. The molecule has 1 aromatic rings. The first-order valence-electron chi connectivity index (χ1n) is 4.77. The Kier molecular flexibility index (Phi) is 4.14. The third-order valence-electron chi connectivity index (χ3n) is 2.18. The number of carboxylic acid groups (broad SMARTS) is 1. The second kappa shape index (κ2) is 5.38. The number of rotatable bonds is 4. The van der Waals surface area contributed by atoms with Crippen molar-refractivity contribution in [1.29, 1.82) is 0 Å². The fourth-order valence-electron chi connectivity index (χ4n) is 1.27. The third kappa shape index (κ3) is 3.51. The average Bonchev–Trinajstić information content (AvgIpc) is 2.28. The maximum Gasteiger partial charge on any atom is 0.335 e. The van der Waals surface area contributed by atoms with Crippen molar-refractivity contribution in [2.45, 2.75) is 13.0 Å². The number of carbonyl (C=O) groups is 2. The van der Waals surface area contributed by atoms with E-state index in [0.717, 1.165) is 4.90 Å². The fourth-order valence-corrected chi connectivity index (χ4v) is 1.27. The molecule has 0 saturated heterocycles. The smallest absolute Gasteiger partial charge is 0.335 e. The molecule has 1 aromatic carbocycles. The first-order chi connectivity index (χ1) is 7.91. The van der Waals surface area contributed by atoms with Crippen LogP contribution in [0, 0.1) is 0 Å². The van der Waals surface area contributed by atoms with Crippen molar-refractivity contribution in [3.05, 3.63) is 35.4 Å². The maximum absolute atomic E-state index is 12.1. The summed E-state index contributed by atoms with van der Waals surface area (Å²) in [7, 11) is 1.26. The van der Waals surface area contributed by atoms with Crippen molar-refractivity contribution in [2.75, 3.05) is 7.05 Å². The van der Waals surface area contributed by atoms with Gasteiger partial charge < -0.3 is 10.0 Å².